The van der Waals surface area contributed by atoms with E-state index in [1.165, 1.54) is 5.56 Å². The molecule has 0 saturated heterocycles. The summed E-state index contributed by atoms with van der Waals surface area (Å²) >= 11 is 0. The number of pyridine rings is 1. The van der Waals surface area contributed by atoms with Crippen LogP contribution in [0.5, 0.6) is 5.75 Å². The van der Waals surface area contributed by atoms with Crippen molar-refractivity contribution in [1.82, 2.24) is 0 Å². The topological polar surface area (TPSA) is 30.2 Å². The molecule has 18 heavy (non-hydrogen) atoms. The van der Waals surface area contributed by atoms with E-state index in [4.69, 9.17) is 4.74 Å². The van der Waals surface area contributed by atoms with Crippen LogP contribution in [-0.2, 0) is 17.8 Å². The van der Waals surface area contributed by atoms with E-state index in [0.29, 0.717) is 6.42 Å². The van der Waals surface area contributed by atoms with Crippen molar-refractivity contribution in [3.8, 4) is 5.75 Å². The van der Waals surface area contributed by atoms with Crippen LogP contribution in [0.2, 0.25) is 0 Å². The Bertz CT molecular complexity index is 578. The molecule has 2 heterocycles. The molecule has 1 aliphatic rings. The Hall–Kier alpha value is -2.16. The summed E-state index contributed by atoms with van der Waals surface area (Å²) in [5.74, 6) is 0.971. The van der Waals surface area contributed by atoms with Gasteiger partial charge in [-0.05, 0) is 0 Å². The molecule has 90 valence electrons. The van der Waals surface area contributed by atoms with Crippen LogP contribution in [-0.4, -0.2) is 12.4 Å². The molecule has 0 bridgehead atoms. The van der Waals surface area contributed by atoms with Crippen molar-refractivity contribution in [3.05, 3.63) is 59.9 Å². The number of hydrogen-bond donors (Lipinski definition) is 0. The number of aromatic nitrogens is 1. The van der Waals surface area contributed by atoms with Crippen LogP contribution in [0, 0.1) is 0 Å². The summed E-state index contributed by atoms with van der Waals surface area (Å²) in [4.78, 5) is 11.4. The highest BCUT2D eigenvalue weighted by atomic mass is 16.5. The average Bonchev–Trinajstić information content (AvgIpc) is 2.39. The van der Waals surface area contributed by atoms with Gasteiger partial charge in [0.2, 0.25) is 0 Å². The standard InChI is InChI=1S/C15H14NO2/c17-14-8-13-10-16(7-6-15(13)18-11-14)9-12-4-2-1-3-5-12/h1-7,10H,8-9,11H2/q+1. The maximum absolute atomic E-state index is 11.4. The zero-order chi connectivity index (χ0) is 12.4. The molecule has 3 nitrogen and oxygen atoms in total. The predicted octanol–water partition coefficient (Wildman–Crippen LogP) is 1.53. The number of nitrogens with zero attached hydrogens (tertiary/aromatic N) is 1. The monoisotopic (exact) mass is 240 g/mol. The number of rotatable bonds is 2. The van der Waals surface area contributed by atoms with Crippen LogP contribution in [0.1, 0.15) is 11.1 Å². The van der Waals surface area contributed by atoms with E-state index in [1.807, 2.05) is 36.7 Å². The lowest BCUT2D eigenvalue weighted by Gasteiger charge is -2.14. The molecule has 3 heteroatoms. The molecule has 0 saturated carbocycles. The number of hydrogen-bond acceptors (Lipinski definition) is 2. The molecule has 0 atom stereocenters. The van der Waals surface area contributed by atoms with Crippen molar-refractivity contribution < 1.29 is 14.1 Å². The van der Waals surface area contributed by atoms with E-state index in [9.17, 15) is 4.79 Å². The van der Waals surface area contributed by atoms with Gasteiger partial charge < -0.3 is 4.74 Å². The van der Waals surface area contributed by atoms with E-state index >= 15 is 0 Å². The number of ketones is 1. The van der Waals surface area contributed by atoms with Gasteiger partial charge in [-0.15, -0.1) is 0 Å². The molecular weight excluding hydrogens is 226 g/mol. The third kappa shape index (κ3) is 2.25. The SMILES string of the molecule is O=C1COc2cc[n+](Cc3ccccc3)cc2C1. The van der Waals surface area contributed by atoms with Crippen LogP contribution < -0.4 is 9.30 Å². The Morgan fingerprint density at radius 2 is 2.00 bits per heavy atom. The quantitative estimate of drug-likeness (QED) is 0.745. The van der Waals surface area contributed by atoms with Crippen LogP contribution in [0.4, 0.5) is 0 Å². The van der Waals surface area contributed by atoms with E-state index in [-0.39, 0.29) is 12.4 Å². The first-order valence-electron chi connectivity index (χ1n) is 6.02. The first-order valence-corrected chi connectivity index (χ1v) is 6.02. The highest BCUT2D eigenvalue weighted by Crippen LogP contribution is 2.20. The van der Waals surface area contributed by atoms with Crippen molar-refractivity contribution in [2.75, 3.05) is 6.61 Å². The molecule has 0 aliphatic carbocycles. The van der Waals surface area contributed by atoms with E-state index in [1.54, 1.807) is 0 Å². The van der Waals surface area contributed by atoms with Gasteiger partial charge in [0, 0.05) is 18.1 Å². The first kappa shape index (κ1) is 11.0. The highest BCUT2D eigenvalue weighted by molar-refractivity contribution is 5.84. The lowest BCUT2D eigenvalue weighted by atomic mass is 10.1. The van der Waals surface area contributed by atoms with Gasteiger partial charge in [-0.2, -0.15) is 0 Å². The van der Waals surface area contributed by atoms with Gasteiger partial charge in [-0.25, -0.2) is 4.57 Å². The number of Topliss-reactive ketones (excluding diaryl/α,β-unsaturated/α-hetero) is 1. The lowest BCUT2D eigenvalue weighted by molar-refractivity contribution is -0.688. The second-order valence-electron chi connectivity index (χ2n) is 4.50. The molecule has 0 radical (unpaired) electrons. The van der Waals surface area contributed by atoms with Gasteiger partial charge in [0.15, 0.2) is 24.7 Å². The number of carbonyl (C=O) groups excluding carboxylic acids is 1. The number of ether oxygens (including phenoxy) is 1. The molecule has 0 fully saturated rings. The highest BCUT2D eigenvalue weighted by Gasteiger charge is 2.20. The van der Waals surface area contributed by atoms with Crippen molar-refractivity contribution in [2.45, 2.75) is 13.0 Å². The summed E-state index contributed by atoms with van der Waals surface area (Å²) in [6.45, 7) is 1.01. The molecule has 0 spiro atoms. The number of fused-ring (bicyclic) bond motifs is 1. The van der Waals surface area contributed by atoms with Crippen molar-refractivity contribution >= 4 is 5.78 Å². The Morgan fingerprint density at radius 1 is 1.17 bits per heavy atom. The Kier molecular flexibility index (Phi) is 2.81. The normalized spacial score (nSPS) is 13.9. The molecule has 1 aromatic heterocycles. The Balaban J connectivity index is 1.86. The van der Waals surface area contributed by atoms with Crippen LogP contribution >= 0.6 is 0 Å². The minimum Gasteiger partial charge on any atom is -0.485 e. The fourth-order valence-corrected chi connectivity index (χ4v) is 2.17. The van der Waals surface area contributed by atoms with Gasteiger partial charge >= 0.3 is 0 Å². The fourth-order valence-electron chi connectivity index (χ4n) is 2.17. The zero-order valence-corrected chi connectivity index (χ0v) is 10.0. The molecule has 2 aromatic rings. The predicted molar refractivity (Wildman–Crippen MR) is 66.4 cm³/mol. The summed E-state index contributed by atoms with van der Waals surface area (Å²) in [6.07, 6.45) is 4.46. The Labute approximate surface area is 106 Å². The average molecular weight is 240 g/mol. The number of benzene rings is 1. The van der Waals surface area contributed by atoms with Crippen LogP contribution in [0.15, 0.2) is 48.8 Å². The van der Waals surface area contributed by atoms with Gasteiger partial charge in [0.25, 0.3) is 0 Å². The molecule has 1 aliphatic heterocycles. The van der Waals surface area contributed by atoms with Crippen LogP contribution in [0.3, 0.4) is 0 Å². The molecular formula is C15H14NO2+. The summed E-state index contributed by atoms with van der Waals surface area (Å²) in [5.41, 5.74) is 2.22. The van der Waals surface area contributed by atoms with Gasteiger partial charge in [0.05, 0.1) is 5.56 Å². The third-order valence-corrected chi connectivity index (χ3v) is 3.04. The molecule has 3 rings (SSSR count). The summed E-state index contributed by atoms with van der Waals surface area (Å²) in [5, 5.41) is 0. The second-order valence-corrected chi connectivity index (χ2v) is 4.50. The summed E-state index contributed by atoms with van der Waals surface area (Å²) in [7, 11) is 0. The third-order valence-electron chi connectivity index (χ3n) is 3.04. The van der Waals surface area contributed by atoms with Crippen molar-refractivity contribution in [1.29, 1.82) is 0 Å². The maximum atomic E-state index is 11.4. The van der Waals surface area contributed by atoms with Gasteiger partial charge in [-0.1, -0.05) is 30.3 Å². The van der Waals surface area contributed by atoms with Crippen LogP contribution in [0.25, 0.3) is 0 Å². The summed E-state index contributed by atoms with van der Waals surface area (Å²) in [6, 6.07) is 12.2. The maximum Gasteiger partial charge on any atom is 0.176 e. The lowest BCUT2D eigenvalue weighted by Crippen LogP contribution is -2.35. The second kappa shape index (κ2) is 4.61. The molecule has 0 amide bonds. The molecule has 0 N–H and O–H groups in total. The van der Waals surface area contributed by atoms with E-state index < -0.39 is 0 Å². The van der Waals surface area contributed by atoms with Gasteiger partial charge in [-0.3, -0.25) is 4.79 Å². The number of carbonyl (C=O) groups is 1. The molecule has 1 aromatic carbocycles. The van der Waals surface area contributed by atoms with Crippen molar-refractivity contribution in [2.24, 2.45) is 0 Å². The van der Waals surface area contributed by atoms with Crippen molar-refractivity contribution in [3.63, 3.8) is 0 Å². The fraction of sp³-hybridized carbons (Fsp3) is 0.200. The van der Waals surface area contributed by atoms with E-state index in [0.717, 1.165) is 17.9 Å². The largest absolute Gasteiger partial charge is 0.485 e. The minimum absolute atomic E-state index is 0.139. The smallest absolute Gasteiger partial charge is 0.176 e. The zero-order valence-electron chi connectivity index (χ0n) is 10.0. The minimum atomic E-state index is 0.139. The molecule has 0 unspecified atom stereocenters. The van der Waals surface area contributed by atoms with Gasteiger partial charge in [0.1, 0.15) is 12.4 Å². The first-order chi connectivity index (χ1) is 8.81. The summed E-state index contributed by atoms with van der Waals surface area (Å²) < 4.78 is 7.46. The Morgan fingerprint density at radius 3 is 2.83 bits per heavy atom. The van der Waals surface area contributed by atoms with E-state index in [2.05, 4.69) is 16.7 Å².